The van der Waals surface area contributed by atoms with Gasteiger partial charge in [0.25, 0.3) is 0 Å². The first-order valence-corrected chi connectivity index (χ1v) is 9.43. The number of fused-ring (bicyclic) bond motifs is 5. The Kier molecular flexibility index (Phi) is 4.49. The number of methoxy groups -OCH3 is 1. The summed E-state index contributed by atoms with van der Waals surface area (Å²) >= 11 is 0. The number of hydrogen-bond donors (Lipinski definition) is 2. The minimum Gasteiger partial charge on any atom is -0.504 e. The molecule has 1 saturated heterocycles. The Bertz CT molecular complexity index is 854. The number of carbonyl (C=O) groups is 1. The van der Waals surface area contributed by atoms with Gasteiger partial charge in [-0.15, -0.1) is 0 Å². The summed E-state index contributed by atoms with van der Waals surface area (Å²) in [7, 11) is 1.52. The van der Waals surface area contributed by atoms with Crippen molar-refractivity contribution in [2.45, 2.75) is 32.2 Å². The molecule has 0 unspecified atom stereocenters. The minimum atomic E-state index is -0.864. The summed E-state index contributed by atoms with van der Waals surface area (Å²) < 4.78 is 5.10. The lowest BCUT2D eigenvalue weighted by Gasteiger charge is -2.46. The molecule has 3 heterocycles. The Balaban J connectivity index is 1.74. The van der Waals surface area contributed by atoms with E-state index in [0.717, 1.165) is 32.4 Å². The number of ether oxygens (including phenoxy) is 1. The van der Waals surface area contributed by atoms with Crippen LogP contribution in [0.2, 0.25) is 0 Å². The number of carboxylic acid groups (broad SMARTS) is 1. The molecule has 0 amide bonds. The van der Waals surface area contributed by atoms with Crippen LogP contribution < -0.4 is 0 Å². The van der Waals surface area contributed by atoms with Gasteiger partial charge in [-0.25, -0.2) is 4.79 Å². The zero-order chi connectivity index (χ0) is 18.3. The highest BCUT2D eigenvalue weighted by Gasteiger charge is 2.42. The zero-order valence-corrected chi connectivity index (χ0v) is 15.4. The highest BCUT2D eigenvalue weighted by atomic mass is 16.5. The van der Waals surface area contributed by atoms with Crippen LogP contribution in [0.5, 0.6) is 0 Å². The van der Waals surface area contributed by atoms with Gasteiger partial charge in [0.05, 0.1) is 25.0 Å². The van der Waals surface area contributed by atoms with Crippen molar-refractivity contribution in [1.82, 2.24) is 9.88 Å². The van der Waals surface area contributed by atoms with Gasteiger partial charge in [-0.1, -0.05) is 31.5 Å². The number of hydrogen-bond acceptors (Lipinski definition) is 3. The molecule has 1 aromatic carbocycles. The van der Waals surface area contributed by atoms with Gasteiger partial charge >= 0.3 is 5.97 Å². The Labute approximate surface area is 153 Å². The number of aromatic amines is 1. The Morgan fingerprint density at radius 3 is 2.96 bits per heavy atom. The molecule has 1 fully saturated rings. The number of aromatic nitrogens is 1. The largest absolute Gasteiger partial charge is 0.504 e. The monoisotopic (exact) mass is 354 g/mol. The molecule has 3 atom stereocenters. The van der Waals surface area contributed by atoms with E-state index in [1.807, 2.05) is 0 Å². The second-order valence-corrected chi connectivity index (χ2v) is 7.45. The van der Waals surface area contributed by atoms with Gasteiger partial charge < -0.3 is 14.8 Å². The fourth-order valence-corrected chi connectivity index (χ4v) is 4.93. The van der Waals surface area contributed by atoms with E-state index in [9.17, 15) is 9.90 Å². The van der Waals surface area contributed by atoms with Gasteiger partial charge in [0.15, 0.2) is 0 Å². The molecule has 0 saturated carbocycles. The Morgan fingerprint density at radius 2 is 2.23 bits per heavy atom. The number of piperidine rings is 1. The lowest BCUT2D eigenvalue weighted by Crippen LogP contribution is -2.46. The summed E-state index contributed by atoms with van der Waals surface area (Å²) in [5.74, 6) is -0.512. The van der Waals surface area contributed by atoms with Crippen LogP contribution in [-0.4, -0.2) is 41.2 Å². The van der Waals surface area contributed by atoms with Gasteiger partial charge in [-0.2, -0.15) is 0 Å². The fourth-order valence-electron chi connectivity index (χ4n) is 4.93. The van der Waals surface area contributed by atoms with Crippen molar-refractivity contribution in [2.24, 2.45) is 11.8 Å². The SMILES string of the molecule is CC[C@H]1CN2CCc3c([nH]c4ccccc34)[C@H]2C[C@@H]1/C(=C/OC)C(=O)O. The third-order valence-corrected chi connectivity index (χ3v) is 6.20. The fraction of sp³-hybridized carbons (Fsp3) is 0.476. The van der Waals surface area contributed by atoms with Gasteiger partial charge in [0, 0.05) is 29.7 Å². The average molecular weight is 354 g/mol. The summed E-state index contributed by atoms with van der Waals surface area (Å²) in [5, 5.41) is 11.0. The van der Waals surface area contributed by atoms with E-state index in [-0.39, 0.29) is 12.0 Å². The van der Waals surface area contributed by atoms with Crippen LogP contribution in [0.25, 0.3) is 10.9 Å². The van der Waals surface area contributed by atoms with E-state index in [1.165, 1.54) is 35.5 Å². The summed E-state index contributed by atoms with van der Waals surface area (Å²) in [6.07, 6.45) is 4.28. The quantitative estimate of drug-likeness (QED) is 0.649. The molecule has 1 aromatic heterocycles. The molecule has 0 aliphatic carbocycles. The number of benzene rings is 1. The molecule has 5 nitrogen and oxygen atoms in total. The van der Waals surface area contributed by atoms with Crippen molar-refractivity contribution in [3.8, 4) is 0 Å². The number of para-hydroxylation sites is 1. The molecule has 5 heteroatoms. The number of nitrogens with zero attached hydrogens (tertiary/aromatic N) is 1. The number of carboxylic acids is 1. The highest BCUT2D eigenvalue weighted by Crippen LogP contribution is 2.45. The lowest BCUT2D eigenvalue weighted by atomic mass is 9.74. The van der Waals surface area contributed by atoms with Crippen LogP contribution in [-0.2, 0) is 16.0 Å². The van der Waals surface area contributed by atoms with E-state index in [1.54, 1.807) is 0 Å². The molecule has 2 aliphatic rings. The molecule has 26 heavy (non-hydrogen) atoms. The van der Waals surface area contributed by atoms with Crippen molar-refractivity contribution in [2.75, 3.05) is 20.2 Å². The smallest absolute Gasteiger partial charge is 0.334 e. The predicted octanol–water partition coefficient (Wildman–Crippen LogP) is 3.73. The molecule has 4 rings (SSSR count). The summed E-state index contributed by atoms with van der Waals surface area (Å²) in [5.41, 5.74) is 4.27. The molecule has 0 radical (unpaired) electrons. The normalized spacial score (nSPS) is 26.4. The third kappa shape index (κ3) is 2.71. The second kappa shape index (κ2) is 6.80. The average Bonchev–Trinajstić information content (AvgIpc) is 3.04. The maximum Gasteiger partial charge on any atom is 0.334 e. The van der Waals surface area contributed by atoms with Crippen LogP contribution in [0, 0.1) is 11.8 Å². The van der Waals surface area contributed by atoms with Crippen molar-refractivity contribution < 1.29 is 14.6 Å². The summed E-state index contributed by atoms with van der Waals surface area (Å²) in [6.45, 7) is 4.14. The van der Waals surface area contributed by atoms with Crippen molar-refractivity contribution >= 4 is 16.9 Å². The van der Waals surface area contributed by atoms with Crippen molar-refractivity contribution in [3.63, 3.8) is 0 Å². The molecule has 2 aliphatic heterocycles. The van der Waals surface area contributed by atoms with Crippen LogP contribution in [0.15, 0.2) is 36.1 Å². The number of rotatable bonds is 4. The Morgan fingerprint density at radius 1 is 1.42 bits per heavy atom. The van der Waals surface area contributed by atoms with E-state index in [0.29, 0.717) is 11.5 Å². The van der Waals surface area contributed by atoms with E-state index >= 15 is 0 Å². The standard InChI is InChI=1S/C21H26N2O3/c1-3-13-11-23-9-8-15-14-6-4-5-7-18(14)22-20(15)19(23)10-16(13)17(12-26-2)21(24)25/h4-7,12-13,16,19,22H,3,8-11H2,1-2H3,(H,24,25)/b17-12-/t13-,16-,19+/m0/s1. The maximum absolute atomic E-state index is 11.8. The topological polar surface area (TPSA) is 65.6 Å². The van der Waals surface area contributed by atoms with Gasteiger partial charge in [0.1, 0.15) is 0 Å². The second-order valence-electron chi connectivity index (χ2n) is 7.45. The molecular weight excluding hydrogens is 328 g/mol. The third-order valence-electron chi connectivity index (χ3n) is 6.20. The van der Waals surface area contributed by atoms with Gasteiger partial charge in [-0.05, 0) is 36.3 Å². The summed E-state index contributed by atoms with van der Waals surface area (Å²) in [6, 6.07) is 8.70. The zero-order valence-electron chi connectivity index (χ0n) is 15.4. The first-order chi connectivity index (χ1) is 12.6. The summed E-state index contributed by atoms with van der Waals surface area (Å²) in [4.78, 5) is 18.0. The van der Waals surface area contributed by atoms with Crippen molar-refractivity contribution in [3.05, 3.63) is 47.4 Å². The molecule has 138 valence electrons. The van der Waals surface area contributed by atoms with Gasteiger partial charge in [-0.3, -0.25) is 4.90 Å². The lowest BCUT2D eigenvalue weighted by molar-refractivity contribution is -0.134. The van der Waals surface area contributed by atoms with Crippen LogP contribution in [0.1, 0.15) is 37.1 Å². The van der Waals surface area contributed by atoms with E-state index < -0.39 is 5.97 Å². The number of H-pyrrole nitrogens is 1. The predicted molar refractivity (Wildman–Crippen MR) is 101 cm³/mol. The van der Waals surface area contributed by atoms with Crippen LogP contribution >= 0.6 is 0 Å². The molecule has 2 aromatic rings. The number of aliphatic carboxylic acids is 1. The van der Waals surface area contributed by atoms with Crippen LogP contribution in [0.3, 0.4) is 0 Å². The molecule has 0 spiro atoms. The highest BCUT2D eigenvalue weighted by molar-refractivity contribution is 5.87. The first kappa shape index (κ1) is 17.2. The first-order valence-electron chi connectivity index (χ1n) is 9.43. The van der Waals surface area contributed by atoms with Crippen LogP contribution in [0.4, 0.5) is 0 Å². The molecule has 2 N–H and O–H groups in total. The minimum absolute atomic E-state index is 0.0102. The molecule has 0 bridgehead atoms. The molecular formula is C21H26N2O3. The Hall–Kier alpha value is -2.27. The number of nitrogens with one attached hydrogen (secondary N) is 1. The van der Waals surface area contributed by atoms with E-state index in [2.05, 4.69) is 41.1 Å². The van der Waals surface area contributed by atoms with E-state index in [4.69, 9.17) is 4.74 Å². The van der Waals surface area contributed by atoms with Gasteiger partial charge in [0.2, 0.25) is 0 Å². The van der Waals surface area contributed by atoms with Crippen molar-refractivity contribution in [1.29, 1.82) is 0 Å². The maximum atomic E-state index is 11.8.